The zero-order valence-electron chi connectivity index (χ0n) is 14.1. The molecule has 122 valence electrons. The molecule has 0 saturated heterocycles. The van der Waals surface area contributed by atoms with Crippen molar-refractivity contribution in [2.24, 2.45) is 5.73 Å². The van der Waals surface area contributed by atoms with Gasteiger partial charge in [-0.3, -0.25) is 0 Å². The Morgan fingerprint density at radius 2 is 1.17 bits per heavy atom. The fourth-order valence-electron chi connectivity index (χ4n) is 2.83. The van der Waals surface area contributed by atoms with Crippen LogP contribution in [0.2, 0.25) is 0 Å². The van der Waals surface area contributed by atoms with Gasteiger partial charge in [0.1, 0.15) is 0 Å². The maximum atomic E-state index is 5.97. The second-order valence-corrected chi connectivity index (χ2v) is 6.21. The molecule has 0 unspecified atom stereocenters. The topological polar surface area (TPSA) is 29.3 Å². The van der Waals surface area contributed by atoms with Gasteiger partial charge in [0.2, 0.25) is 0 Å². The summed E-state index contributed by atoms with van der Waals surface area (Å²) in [7, 11) is 0. The molecule has 1 atom stereocenters. The molecule has 3 aromatic rings. The Balaban J connectivity index is 1.86. The third kappa shape index (κ3) is 4.24. The first-order valence-electron chi connectivity index (χ1n) is 8.41. The average molecular weight is 316 g/mol. The van der Waals surface area contributed by atoms with Crippen LogP contribution < -0.4 is 10.6 Å². The quantitative estimate of drug-likeness (QED) is 0.700. The Morgan fingerprint density at radius 3 is 1.58 bits per heavy atom. The van der Waals surface area contributed by atoms with Crippen LogP contribution in [0.4, 0.5) is 5.69 Å². The van der Waals surface area contributed by atoms with Crippen molar-refractivity contribution in [2.45, 2.75) is 26.1 Å². The first kappa shape index (κ1) is 16.3. The Morgan fingerprint density at radius 1 is 0.708 bits per heavy atom. The van der Waals surface area contributed by atoms with Crippen molar-refractivity contribution in [1.82, 2.24) is 0 Å². The lowest BCUT2D eigenvalue weighted by Crippen LogP contribution is -2.22. The van der Waals surface area contributed by atoms with Gasteiger partial charge < -0.3 is 10.6 Å². The van der Waals surface area contributed by atoms with Crippen LogP contribution in [0.3, 0.4) is 0 Å². The molecule has 3 aromatic carbocycles. The second-order valence-electron chi connectivity index (χ2n) is 6.21. The van der Waals surface area contributed by atoms with Crippen molar-refractivity contribution in [3.8, 4) is 0 Å². The summed E-state index contributed by atoms with van der Waals surface area (Å²) in [4.78, 5) is 2.40. The minimum Gasteiger partial charge on any atom is -0.363 e. The summed E-state index contributed by atoms with van der Waals surface area (Å²) in [5, 5.41) is 0. The van der Waals surface area contributed by atoms with Gasteiger partial charge >= 0.3 is 0 Å². The van der Waals surface area contributed by atoms with Crippen molar-refractivity contribution < 1.29 is 0 Å². The van der Waals surface area contributed by atoms with E-state index in [0.717, 1.165) is 18.7 Å². The predicted octanol–water partition coefficient (Wildman–Crippen LogP) is 4.91. The van der Waals surface area contributed by atoms with Crippen molar-refractivity contribution in [3.63, 3.8) is 0 Å². The molecule has 0 amide bonds. The van der Waals surface area contributed by atoms with Crippen molar-refractivity contribution in [3.05, 3.63) is 102 Å². The zero-order valence-corrected chi connectivity index (χ0v) is 14.1. The predicted molar refractivity (Wildman–Crippen MR) is 102 cm³/mol. The molecule has 24 heavy (non-hydrogen) atoms. The molecule has 0 heterocycles. The maximum absolute atomic E-state index is 5.97. The van der Waals surface area contributed by atoms with E-state index < -0.39 is 0 Å². The van der Waals surface area contributed by atoms with Crippen LogP contribution in [0.1, 0.15) is 29.7 Å². The van der Waals surface area contributed by atoms with E-state index in [0.29, 0.717) is 0 Å². The number of nitrogens with two attached hydrogens (primary N) is 1. The Kier molecular flexibility index (Phi) is 5.29. The molecular weight excluding hydrogens is 292 g/mol. The average Bonchev–Trinajstić information content (AvgIpc) is 2.63. The minimum absolute atomic E-state index is 0.0655. The summed E-state index contributed by atoms with van der Waals surface area (Å²) in [5.74, 6) is 0. The lowest BCUT2D eigenvalue weighted by Gasteiger charge is -2.26. The summed E-state index contributed by atoms with van der Waals surface area (Å²) in [6.07, 6.45) is 0. The third-order valence-corrected chi connectivity index (χ3v) is 4.22. The second kappa shape index (κ2) is 7.80. The third-order valence-electron chi connectivity index (χ3n) is 4.22. The summed E-state index contributed by atoms with van der Waals surface area (Å²) < 4.78 is 0. The van der Waals surface area contributed by atoms with E-state index in [9.17, 15) is 0 Å². The number of anilines is 1. The van der Waals surface area contributed by atoms with Gasteiger partial charge in [0.25, 0.3) is 0 Å². The highest BCUT2D eigenvalue weighted by atomic mass is 15.1. The monoisotopic (exact) mass is 316 g/mol. The molecular formula is C22H24N2. The minimum atomic E-state index is 0.0655. The number of hydrogen-bond acceptors (Lipinski definition) is 2. The molecule has 3 rings (SSSR count). The molecule has 0 fully saturated rings. The molecule has 0 saturated carbocycles. The van der Waals surface area contributed by atoms with Crippen LogP contribution >= 0.6 is 0 Å². The van der Waals surface area contributed by atoms with Crippen LogP contribution in [-0.4, -0.2) is 0 Å². The van der Waals surface area contributed by atoms with Gasteiger partial charge in [0, 0.05) is 24.8 Å². The Hall–Kier alpha value is -2.58. The maximum Gasteiger partial charge on any atom is 0.0433 e. The van der Waals surface area contributed by atoms with Gasteiger partial charge in [-0.05, 0) is 35.7 Å². The smallest absolute Gasteiger partial charge is 0.0433 e. The van der Waals surface area contributed by atoms with Crippen molar-refractivity contribution in [2.75, 3.05) is 4.90 Å². The van der Waals surface area contributed by atoms with E-state index in [1.807, 2.05) is 6.92 Å². The number of benzene rings is 3. The van der Waals surface area contributed by atoms with E-state index in [2.05, 4.69) is 89.8 Å². The van der Waals surface area contributed by atoms with Crippen LogP contribution in [-0.2, 0) is 13.1 Å². The summed E-state index contributed by atoms with van der Waals surface area (Å²) >= 11 is 0. The SMILES string of the molecule is C[C@@H](N)c1ccc(N(Cc2ccccc2)Cc2ccccc2)cc1. The van der Waals surface area contributed by atoms with Crippen molar-refractivity contribution in [1.29, 1.82) is 0 Å². The first-order valence-corrected chi connectivity index (χ1v) is 8.41. The molecule has 2 heteroatoms. The largest absolute Gasteiger partial charge is 0.363 e. The van der Waals surface area contributed by atoms with Gasteiger partial charge in [-0.25, -0.2) is 0 Å². The van der Waals surface area contributed by atoms with E-state index in [4.69, 9.17) is 5.73 Å². The van der Waals surface area contributed by atoms with Gasteiger partial charge in [0.15, 0.2) is 0 Å². The molecule has 2 N–H and O–H groups in total. The van der Waals surface area contributed by atoms with Crippen molar-refractivity contribution >= 4 is 5.69 Å². The molecule has 0 bridgehead atoms. The van der Waals surface area contributed by atoms with Gasteiger partial charge in [-0.15, -0.1) is 0 Å². The standard InChI is InChI=1S/C22H24N2/c1-18(23)21-12-14-22(15-13-21)24(16-19-8-4-2-5-9-19)17-20-10-6-3-7-11-20/h2-15,18H,16-17,23H2,1H3/t18-/m1/s1. The van der Waals surface area contributed by atoms with Crippen LogP contribution in [0.15, 0.2) is 84.9 Å². The molecule has 0 aliphatic carbocycles. The van der Waals surface area contributed by atoms with Crippen LogP contribution in [0.25, 0.3) is 0 Å². The number of rotatable bonds is 6. The molecule has 0 spiro atoms. The molecule has 0 radical (unpaired) electrons. The summed E-state index contributed by atoms with van der Waals surface area (Å²) in [5.41, 5.74) is 11.0. The highest BCUT2D eigenvalue weighted by Crippen LogP contribution is 2.22. The van der Waals surface area contributed by atoms with Crippen LogP contribution in [0, 0.1) is 0 Å². The lowest BCUT2D eigenvalue weighted by molar-refractivity contribution is 0.793. The highest BCUT2D eigenvalue weighted by Gasteiger charge is 2.09. The first-order chi connectivity index (χ1) is 11.7. The molecule has 0 aliphatic rings. The fraction of sp³-hybridized carbons (Fsp3) is 0.182. The lowest BCUT2D eigenvalue weighted by atomic mass is 10.1. The van der Waals surface area contributed by atoms with Crippen LogP contribution in [0.5, 0.6) is 0 Å². The van der Waals surface area contributed by atoms with Gasteiger partial charge in [0.05, 0.1) is 0 Å². The van der Waals surface area contributed by atoms with Gasteiger partial charge in [-0.1, -0.05) is 72.8 Å². The van der Waals surface area contributed by atoms with E-state index in [-0.39, 0.29) is 6.04 Å². The number of nitrogens with zero attached hydrogens (tertiary/aromatic N) is 1. The highest BCUT2D eigenvalue weighted by molar-refractivity contribution is 5.49. The molecule has 0 aromatic heterocycles. The van der Waals surface area contributed by atoms with E-state index in [1.165, 1.54) is 16.8 Å². The van der Waals surface area contributed by atoms with Gasteiger partial charge in [-0.2, -0.15) is 0 Å². The number of hydrogen-bond donors (Lipinski definition) is 1. The normalized spacial score (nSPS) is 11.9. The fourth-order valence-corrected chi connectivity index (χ4v) is 2.83. The molecule has 0 aliphatic heterocycles. The summed E-state index contributed by atoms with van der Waals surface area (Å²) in [6.45, 7) is 3.78. The van der Waals surface area contributed by atoms with E-state index >= 15 is 0 Å². The summed E-state index contributed by atoms with van der Waals surface area (Å²) in [6, 6.07) is 29.8. The molecule has 2 nitrogen and oxygen atoms in total. The Labute approximate surface area is 144 Å². The zero-order chi connectivity index (χ0) is 16.8. The Bertz CT molecular complexity index is 692. The van der Waals surface area contributed by atoms with E-state index in [1.54, 1.807) is 0 Å².